The molecule has 2 aromatic carbocycles. The number of aromatic amines is 2. The molecule has 0 saturated carbocycles. The van der Waals surface area contributed by atoms with Gasteiger partial charge in [0.25, 0.3) is 0 Å². The van der Waals surface area contributed by atoms with Crippen LogP contribution in [0.4, 0.5) is 0 Å². The number of benzene rings is 2. The molecule has 4 nitrogen and oxygen atoms in total. The second-order valence-electron chi connectivity index (χ2n) is 8.59. The Bertz CT molecular complexity index is 1120. The molecule has 0 bridgehead atoms. The van der Waals surface area contributed by atoms with Crippen molar-refractivity contribution in [3.63, 3.8) is 0 Å². The number of unbranched alkanes of at least 4 members (excludes halogenated alkanes) is 1. The molecule has 0 atom stereocenters. The van der Waals surface area contributed by atoms with Gasteiger partial charge in [-0.25, -0.2) is 0 Å². The van der Waals surface area contributed by atoms with Crippen LogP contribution < -0.4 is 4.74 Å². The summed E-state index contributed by atoms with van der Waals surface area (Å²) in [6.07, 6.45) is 10.6. The van der Waals surface area contributed by atoms with Gasteiger partial charge in [-0.15, -0.1) is 0 Å². The summed E-state index contributed by atoms with van der Waals surface area (Å²) in [5.74, 6) is 1.59. The molecule has 0 spiro atoms. The highest BCUT2D eigenvalue weighted by Crippen LogP contribution is 2.34. The number of hydrogen-bond acceptors (Lipinski definition) is 2. The Morgan fingerprint density at radius 2 is 1.73 bits per heavy atom. The first-order valence-corrected chi connectivity index (χ1v) is 11.2. The van der Waals surface area contributed by atoms with Gasteiger partial charge in [0, 0.05) is 34.2 Å². The summed E-state index contributed by atoms with van der Waals surface area (Å²) in [5, 5.41) is 2.71. The van der Waals surface area contributed by atoms with E-state index in [1.54, 1.807) is 7.11 Å². The van der Waals surface area contributed by atoms with E-state index < -0.39 is 0 Å². The van der Waals surface area contributed by atoms with Crippen molar-refractivity contribution in [1.29, 1.82) is 0 Å². The van der Waals surface area contributed by atoms with Crippen LogP contribution in [0.3, 0.4) is 0 Å². The fourth-order valence-corrected chi connectivity index (χ4v) is 5.04. The number of rotatable bonds is 7. The summed E-state index contributed by atoms with van der Waals surface area (Å²) < 4.78 is 5.43. The Morgan fingerprint density at radius 1 is 0.933 bits per heavy atom. The molecular formula is C26H31N3O. The van der Waals surface area contributed by atoms with Crippen LogP contribution in [-0.2, 0) is 6.42 Å². The average Bonchev–Trinajstić information content (AvgIpc) is 3.41. The fraction of sp³-hybridized carbons (Fsp3) is 0.385. The molecule has 4 heteroatoms. The van der Waals surface area contributed by atoms with Crippen molar-refractivity contribution in [2.75, 3.05) is 26.7 Å². The van der Waals surface area contributed by atoms with E-state index in [0.717, 1.165) is 12.2 Å². The number of hydrogen-bond donors (Lipinski definition) is 2. The molecule has 0 radical (unpaired) electrons. The first-order valence-electron chi connectivity index (χ1n) is 11.2. The van der Waals surface area contributed by atoms with Gasteiger partial charge in [0.1, 0.15) is 5.75 Å². The Labute approximate surface area is 178 Å². The summed E-state index contributed by atoms with van der Waals surface area (Å²) in [5.41, 5.74) is 5.39. The lowest BCUT2D eigenvalue weighted by atomic mass is 9.89. The minimum absolute atomic E-state index is 0.647. The van der Waals surface area contributed by atoms with Crippen molar-refractivity contribution in [2.24, 2.45) is 0 Å². The Balaban J connectivity index is 1.11. The standard InChI is InChI=1S/C26H31N3O/c1-30-21-9-10-26-23(16-21)24(18-28-26)19-11-14-29(15-12-19)13-5-4-6-20-17-27-25-8-3-2-7-22(20)25/h2-3,7-10,16-19,27-28H,4-6,11-15H2,1H3. The number of aryl methyl sites for hydroxylation is 1. The van der Waals surface area contributed by atoms with Crippen molar-refractivity contribution in [2.45, 2.75) is 38.0 Å². The number of piperidine rings is 1. The monoisotopic (exact) mass is 401 g/mol. The van der Waals surface area contributed by atoms with Crippen molar-refractivity contribution in [1.82, 2.24) is 14.9 Å². The Kier molecular flexibility index (Phi) is 5.50. The zero-order valence-corrected chi connectivity index (χ0v) is 17.8. The molecule has 5 rings (SSSR count). The number of H-pyrrole nitrogens is 2. The van der Waals surface area contributed by atoms with Gasteiger partial charge < -0.3 is 19.6 Å². The molecule has 0 aliphatic carbocycles. The normalized spacial score (nSPS) is 15.9. The van der Waals surface area contributed by atoms with Crippen molar-refractivity contribution in [3.05, 3.63) is 66.0 Å². The molecule has 1 aliphatic heterocycles. The lowest BCUT2D eigenvalue weighted by molar-refractivity contribution is 0.209. The highest BCUT2D eigenvalue weighted by Gasteiger charge is 2.22. The zero-order valence-electron chi connectivity index (χ0n) is 17.8. The number of methoxy groups -OCH3 is 1. The predicted octanol–water partition coefficient (Wildman–Crippen LogP) is 5.86. The van der Waals surface area contributed by atoms with Gasteiger partial charge >= 0.3 is 0 Å². The summed E-state index contributed by atoms with van der Waals surface area (Å²) >= 11 is 0. The number of fused-ring (bicyclic) bond motifs is 2. The maximum Gasteiger partial charge on any atom is 0.119 e. The number of para-hydroxylation sites is 1. The molecule has 0 amide bonds. The minimum Gasteiger partial charge on any atom is -0.497 e. The zero-order chi connectivity index (χ0) is 20.3. The maximum atomic E-state index is 5.43. The number of nitrogens with one attached hydrogen (secondary N) is 2. The van der Waals surface area contributed by atoms with E-state index in [4.69, 9.17) is 4.74 Å². The van der Waals surface area contributed by atoms with Crippen molar-refractivity contribution < 1.29 is 4.74 Å². The van der Waals surface area contributed by atoms with Gasteiger partial charge in [-0.2, -0.15) is 0 Å². The molecular weight excluding hydrogens is 370 g/mol. The van der Waals surface area contributed by atoms with E-state index in [9.17, 15) is 0 Å². The second-order valence-corrected chi connectivity index (χ2v) is 8.59. The molecule has 156 valence electrons. The van der Waals surface area contributed by atoms with Crippen molar-refractivity contribution in [3.8, 4) is 5.75 Å². The smallest absolute Gasteiger partial charge is 0.119 e. The van der Waals surface area contributed by atoms with Crippen LogP contribution in [0.1, 0.15) is 42.7 Å². The molecule has 30 heavy (non-hydrogen) atoms. The lowest BCUT2D eigenvalue weighted by Gasteiger charge is -2.32. The highest BCUT2D eigenvalue weighted by atomic mass is 16.5. The number of aromatic nitrogens is 2. The first-order chi connectivity index (χ1) is 14.8. The summed E-state index contributed by atoms with van der Waals surface area (Å²) in [6, 6.07) is 15.0. The van der Waals surface area contributed by atoms with Crippen LogP contribution in [0.5, 0.6) is 5.75 Å². The van der Waals surface area contributed by atoms with Crippen LogP contribution in [0, 0.1) is 0 Å². The van der Waals surface area contributed by atoms with Crippen LogP contribution >= 0.6 is 0 Å². The largest absolute Gasteiger partial charge is 0.497 e. The first kappa shape index (κ1) is 19.3. The summed E-state index contributed by atoms with van der Waals surface area (Å²) in [6.45, 7) is 3.62. The van der Waals surface area contributed by atoms with Gasteiger partial charge in [0.15, 0.2) is 0 Å². The third kappa shape index (κ3) is 3.84. The third-order valence-electron chi connectivity index (χ3n) is 6.79. The molecule has 1 aliphatic rings. The molecule has 3 heterocycles. The number of nitrogens with zero attached hydrogens (tertiary/aromatic N) is 1. The molecule has 1 saturated heterocycles. The van der Waals surface area contributed by atoms with E-state index in [2.05, 4.69) is 63.7 Å². The van der Waals surface area contributed by atoms with Gasteiger partial charge in [-0.1, -0.05) is 18.2 Å². The van der Waals surface area contributed by atoms with Gasteiger partial charge in [-0.3, -0.25) is 0 Å². The topological polar surface area (TPSA) is 44.0 Å². The molecule has 0 unspecified atom stereocenters. The minimum atomic E-state index is 0.647. The number of likely N-dealkylation sites (tertiary alicyclic amines) is 1. The maximum absolute atomic E-state index is 5.43. The Hall–Kier alpha value is -2.72. The van der Waals surface area contributed by atoms with E-state index in [1.165, 1.54) is 78.3 Å². The quantitative estimate of drug-likeness (QED) is 0.381. The van der Waals surface area contributed by atoms with Crippen LogP contribution in [0.25, 0.3) is 21.8 Å². The van der Waals surface area contributed by atoms with Gasteiger partial charge in [-0.05, 0) is 93.0 Å². The van der Waals surface area contributed by atoms with Gasteiger partial charge in [0.2, 0.25) is 0 Å². The SMILES string of the molecule is COc1ccc2[nH]cc(C3CCN(CCCCc4c[nH]c5ccccc45)CC3)c2c1. The summed E-state index contributed by atoms with van der Waals surface area (Å²) in [7, 11) is 1.74. The molecule has 2 aromatic heterocycles. The van der Waals surface area contributed by atoms with E-state index in [1.807, 2.05) is 6.07 Å². The van der Waals surface area contributed by atoms with E-state index >= 15 is 0 Å². The van der Waals surface area contributed by atoms with E-state index in [-0.39, 0.29) is 0 Å². The van der Waals surface area contributed by atoms with Crippen LogP contribution in [0.15, 0.2) is 54.9 Å². The third-order valence-corrected chi connectivity index (χ3v) is 6.79. The fourth-order valence-electron chi connectivity index (χ4n) is 5.04. The summed E-state index contributed by atoms with van der Waals surface area (Å²) in [4.78, 5) is 9.49. The predicted molar refractivity (Wildman–Crippen MR) is 125 cm³/mol. The van der Waals surface area contributed by atoms with Crippen LogP contribution in [0.2, 0.25) is 0 Å². The van der Waals surface area contributed by atoms with Crippen LogP contribution in [-0.4, -0.2) is 41.6 Å². The Morgan fingerprint density at radius 3 is 2.60 bits per heavy atom. The average molecular weight is 402 g/mol. The van der Waals surface area contributed by atoms with E-state index in [0.29, 0.717) is 5.92 Å². The highest BCUT2D eigenvalue weighted by molar-refractivity contribution is 5.85. The molecule has 4 aromatic rings. The molecule has 1 fully saturated rings. The lowest BCUT2D eigenvalue weighted by Crippen LogP contribution is -2.33. The number of ether oxygens (including phenoxy) is 1. The van der Waals surface area contributed by atoms with Gasteiger partial charge in [0.05, 0.1) is 7.11 Å². The van der Waals surface area contributed by atoms with Crippen molar-refractivity contribution >= 4 is 21.8 Å². The molecule has 2 N–H and O–H groups in total. The second kappa shape index (κ2) is 8.57.